The van der Waals surface area contributed by atoms with Crippen LogP contribution in [0.5, 0.6) is 0 Å². The molecule has 1 aromatic heterocycles. The average molecular weight is 223 g/mol. The number of halogens is 3. The summed E-state index contributed by atoms with van der Waals surface area (Å²) in [6.07, 6.45) is -2.65. The van der Waals surface area contributed by atoms with Crippen molar-refractivity contribution >= 4 is 0 Å². The molecule has 0 saturated carbocycles. The smallest absolute Gasteiger partial charge is 0.401 e. The van der Waals surface area contributed by atoms with Crippen molar-refractivity contribution in [2.75, 3.05) is 19.7 Å². The topological polar surface area (TPSA) is 34.4 Å². The van der Waals surface area contributed by atoms with Crippen LogP contribution in [0, 0.1) is 0 Å². The van der Waals surface area contributed by atoms with Gasteiger partial charge in [-0.3, -0.25) is 0 Å². The molecule has 0 atom stereocenters. The molecule has 0 spiro atoms. The van der Waals surface area contributed by atoms with Gasteiger partial charge in [0, 0.05) is 6.54 Å². The molecule has 0 aliphatic rings. The van der Waals surface area contributed by atoms with Gasteiger partial charge in [0.05, 0.1) is 19.4 Å². The van der Waals surface area contributed by atoms with E-state index < -0.39 is 12.7 Å². The Hall–Kier alpha value is -1.01. The summed E-state index contributed by atoms with van der Waals surface area (Å²) >= 11 is 0. The predicted octanol–water partition coefficient (Wildman–Crippen LogP) is 1.95. The zero-order valence-electron chi connectivity index (χ0n) is 8.01. The van der Waals surface area contributed by atoms with Crippen molar-refractivity contribution in [2.24, 2.45) is 0 Å². The fourth-order valence-electron chi connectivity index (χ4n) is 0.942. The largest absolute Gasteiger partial charge is 0.467 e. The monoisotopic (exact) mass is 223 g/mol. The molecule has 0 radical (unpaired) electrons. The fraction of sp³-hybridized carbons (Fsp3) is 0.556. The molecular formula is C9H12F3NO2. The Morgan fingerprint density at radius 2 is 2.20 bits per heavy atom. The number of rotatable bonds is 6. The standard InChI is InChI=1S/C9H12F3NO2/c10-9(11,12)7-13-3-5-14-6-8-2-1-4-15-8/h1-2,4,13H,3,5-7H2. The third-order valence-electron chi connectivity index (χ3n) is 1.57. The molecule has 1 aromatic rings. The Labute approximate surface area is 85.2 Å². The molecule has 0 fully saturated rings. The molecule has 0 bridgehead atoms. The first-order chi connectivity index (χ1) is 7.08. The Morgan fingerprint density at radius 3 is 2.80 bits per heavy atom. The van der Waals surface area contributed by atoms with Gasteiger partial charge in [-0.05, 0) is 12.1 Å². The molecule has 1 N–H and O–H groups in total. The molecule has 6 heteroatoms. The highest BCUT2D eigenvalue weighted by molar-refractivity contribution is 4.95. The maximum absolute atomic E-state index is 11.7. The molecule has 1 heterocycles. The normalized spacial score (nSPS) is 11.9. The minimum atomic E-state index is -4.17. The van der Waals surface area contributed by atoms with E-state index in [0.29, 0.717) is 5.76 Å². The fourth-order valence-corrected chi connectivity index (χ4v) is 0.942. The lowest BCUT2D eigenvalue weighted by atomic mass is 10.5. The number of hydrogen-bond donors (Lipinski definition) is 1. The van der Waals surface area contributed by atoms with Crippen LogP contribution < -0.4 is 5.32 Å². The van der Waals surface area contributed by atoms with Gasteiger partial charge in [0.2, 0.25) is 0 Å². The van der Waals surface area contributed by atoms with Crippen molar-refractivity contribution in [3.63, 3.8) is 0 Å². The van der Waals surface area contributed by atoms with Crippen molar-refractivity contribution in [2.45, 2.75) is 12.8 Å². The van der Waals surface area contributed by atoms with Gasteiger partial charge in [-0.25, -0.2) is 0 Å². The number of nitrogens with one attached hydrogen (secondary N) is 1. The van der Waals surface area contributed by atoms with Gasteiger partial charge in [0.25, 0.3) is 0 Å². The highest BCUT2D eigenvalue weighted by Crippen LogP contribution is 2.11. The van der Waals surface area contributed by atoms with Crippen LogP contribution in [0.3, 0.4) is 0 Å². The van der Waals surface area contributed by atoms with Crippen LogP contribution >= 0.6 is 0 Å². The van der Waals surface area contributed by atoms with Crippen LogP contribution in [0.1, 0.15) is 5.76 Å². The quantitative estimate of drug-likeness (QED) is 0.748. The second kappa shape index (κ2) is 5.77. The summed E-state index contributed by atoms with van der Waals surface area (Å²) < 4.78 is 45.0. The van der Waals surface area contributed by atoms with Gasteiger partial charge < -0.3 is 14.5 Å². The molecule has 15 heavy (non-hydrogen) atoms. The van der Waals surface area contributed by atoms with Gasteiger partial charge in [0.1, 0.15) is 12.4 Å². The van der Waals surface area contributed by atoms with Gasteiger partial charge in [-0.2, -0.15) is 13.2 Å². The molecule has 0 aromatic carbocycles. The van der Waals surface area contributed by atoms with Crippen LogP contribution in [-0.2, 0) is 11.3 Å². The van der Waals surface area contributed by atoms with E-state index in [1.54, 1.807) is 12.1 Å². The molecule has 0 saturated heterocycles. The van der Waals surface area contributed by atoms with Crippen molar-refractivity contribution < 1.29 is 22.3 Å². The van der Waals surface area contributed by atoms with Crippen molar-refractivity contribution in [1.82, 2.24) is 5.32 Å². The van der Waals surface area contributed by atoms with E-state index in [2.05, 4.69) is 5.32 Å². The Morgan fingerprint density at radius 1 is 1.40 bits per heavy atom. The SMILES string of the molecule is FC(F)(F)CNCCOCc1ccco1. The van der Waals surface area contributed by atoms with Crippen LogP contribution in [0.2, 0.25) is 0 Å². The number of furan rings is 1. The summed E-state index contributed by atoms with van der Waals surface area (Å²) in [6.45, 7) is -0.325. The second-order valence-corrected chi connectivity index (χ2v) is 2.92. The first-order valence-corrected chi connectivity index (χ1v) is 4.45. The molecular weight excluding hydrogens is 211 g/mol. The van der Waals surface area contributed by atoms with E-state index in [0.717, 1.165) is 0 Å². The van der Waals surface area contributed by atoms with Gasteiger partial charge in [0.15, 0.2) is 0 Å². The molecule has 86 valence electrons. The maximum Gasteiger partial charge on any atom is 0.401 e. The van der Waals surface area contributed by atoms with Crippen LogP contribution in [-0.4, -0.2) is 25.9 Å². The van der Waals surface area contributed by atoms with E-state index in [9.17, 15) is 13.2 Å². The minimum absolute atomic E-state index is 0.167. The van der Waals surface area contributed by atoms with E-state index in [1.165, 1.54) is 6.26 Å². The summed E-state index contributed by atoms with van der Waals surface area (Å²) in [5.74, 6) is 0.658. The van der Waals surface area contributed by atoms with Crippen molar-refractivity contribution in [3.8, 4) is 0 Å². The zero-order chi connectivity index (χ0) is 11.1. The molecule has 3 nitrogen and oxygen atoms in total. The number of ether oxygens (including phenoxy) is 1. The van der Waals surface area contributed by atoms with Crippen LogP contribution in [0.25, 0.3) is 0 Å². The van der Waals surface area contributed by atoms with Gasteiger partial charge in [-0.1, -0.05) is 0 Å². The summed E-state index contributed by atoms with van der Waals surface area (Å²) in [7, 11) is 0. The Bertz CT molecular complexity index is 259. The predicted molar refractivity (Wildman–Crippen MR) is 47.3 cm³/mol. The summed E-state index contributed by atoms with van der Waals surface area (Å²) in [6, 6.07) is 3.46. The molecule has 0 aliphatic carbocycles. The van der Waals surface area contributed by atoms with E-state index in [4.69, 9.17) is 9.15 Å². The molecule has 0 aliphatic heterocycles. The van der Waals surface area contributed by atoms with Crippen molar-refractivity contribution in [1.29, 1.82) is 0 Å². The first-order valence-electron chi connectivity index (χ1n) is 4.45. The van der Waals surface area contributed by atoms with E-state index in [1.807, 2.05) is 0 Å². The summed E-state index contributed by atoms with van der Waals surface area (Å²) in [5.41, 5.74) is 0. The summed E-state index contributed by atoms with van der Waals surface area (Å²) in [5, 5.41) is 2.22. The van der Waals surface area contributed by atoms with Crippen LogP contribution in [0.15, 0.2) is 22.8 Å². The zero-order valence-corrected chi connectivity index (χ0v) is 8.01. The Balaban J connectivity index is 1.94. The molecule has 0 unspecified atom stereocenters. The lowest BCUT2D eigenvalue weighted by Crippen LogP contribution is -2.31. The highest BCUT2D eigenvalue weighted by Gasteiger charge is 2.25. The summed E-state index contributed by atoms with van der Waals surface area (Å²) in [4.78, 5) is 0. The molecule has 0 amide bonds. The lowest BCUT2D eigenvalue weighted by molar-refractivity contribution is -0.125. The van der Waals surface area contributed by atoms with Gasteiger partial charge in [-0.15, -0.1) is 0 Å². The lowest BCUT2D eigenvalue weighted by Gasteiger charge is -2.07. The maximum atomic E-state index is 11.7. The third-order valence-corrected chi connectivity index (χ3v) is 1.57. The minimum Gasteiger partial charge on any atom is -0.467 e. The second-order valence-electron chi connectivity index (χ2n) is 2.92. The highest BCUT2D eigenvalue weighted by atomic mass is 19.4. The first kappa shape index (κ1) is 12.1. The average Bonchev–Trinajstić information content (AvgIpc) is 2.61. The Kier molecular flexibility index (Phi) is 4.64. The number of hydrogen-bond acceptors (Lipinski definition) is 3. The van der Waals surface area contributed by atoms with E-state index in [-0.39, 0.29) is 19.8 Å². The van der Waals surface area contributed by atoms with Gasteiger partial charge >= 0.3 is 6.18 Å². The van der Waals surface area contributed by atoms with E-state index >= 15 is 0 Å². The van der Waals surface area contributed by atoms with Crippen molar-refractivity contribution in [3.05, 3.63) is 24.2 Å². The molecule has 1 rings (SSSR count). The van der Waals surface area contributed by atoms with Crippen LogP contribution in [0.4, 0.5) is 13.2 Å². The third kappa shape index (κ3) is 6.14. The number of alkyl halides is 3.